The first kappa shape index (κ1) is 15.7. The number of nitrogens with one attached hydrogen (secondary N) is 1. The summed E-state index contributed by atoms with van der Waals surface area (Å²) in [6, 6.07) is 8.36. The maximum Gasteiger partial charge on any atom is 0.221 e. The quantitative estimate of drug-likeness (QED) is 0.793. The summed E-state index contributed by atoms with van der Waals surface area (Å²) in [6.45, 7) is 7.00. The van der Waals surface area contributed by atoms with Gasteiger partial charge in [-0.15, -0.1) is 0 Å². The first-order valence-electron chi connectivity index (χ1n) is 7.14. The molecule has 3 nitrogen and oxygen atoms in total. The molecule has 0 saturated heterocycles. The summed E-state index contributed by atoms with van der Waals surface area (Å²) in [4.78, 5) is 11.7. The Bertz CT molecular complexity index is 384. The van der Waals surface area contributed by atoms with E-state index in [2.05, 4.69) is 50.4 Å². The number of carbonyl (C=O) groups is 1. The van der Waals surface area contributed by atoms with Crippen LogP contribution in [-0.4, -0.2) is 11.9 Å². The van der Waals surface area contributed by atoms with Crippen LogP contribution in [0.5, 0.6) is 0 Å². The zero-order chi connectivity index (χ0) is 14.3. The molecule has 0 aliphatic heterocycles. The third-order valence-corrected chi connectivity index (χ3v) is 3.24. The van der Waals surface area contributed by atoms with Crippen molar-refractivity contribution in [3.63, 3.8) is 0 Å². The highest BCUT2D eigenvalue weighted by molar-refractivity contribution is 5.76. The Hall–Kier alpha value is -1.35. The van der Waals surface area contributed by atoms with Crippen molar-refractivity contribution in [2.45, 2.75) is 58.5 Å². The van der Waals surface area contributed by atoms with Gasteiger partial charge in [-0.1, -0.05) is 51.5 Å². The summed E-state index contributed by atoms with van der Waals surface area (Å²) in [6.07, 6.45) is 2.33. The molecule has 3 heteroatoms. The van der Waals surface area contributed by atoms with Crippen LogP contribution in [0.1, 0.15) is 57.1 Å². The molecule has 3 N–H and O–H groups in total. The number of hydrogen-bond donors (Lipinski definition) is 2. The largest absolute Gasteiger partial charge is 0.352 e. The molecule has 0 aromatic heterocycles. The fourth-order valence-electron chi connectivity index (χ4n) is 2.00. The van der Waals surface area contributed by atoms with Gasteiger partial charge in [0.15, 0.2) is 0 Å². The zero-order valence-corrected chi connectivity index (χ0v) is 12.3. The van der Waals surface area contributed by atoms with Crippen LogP contribution in [-0.2, 0) is 11.3 Å². The standard InChI is InChI=1S/C16H26N2O/c1-4-5-15(17)10-16(19)18-11-13-6-8-14(9-7-13)12(2)3/h6-9,12,15H,4-5,10-11,17H2,1-3H3,(H,18,19). The van der Waals surface area contributed by atoms with Crippen LogP contribution < -0.4 is 11.1 Å². The van der Waals surface area contributed by atoms with Gasteiger partial charge in [-0.3, -0.25) is 4.79 Å². The summed E-state index contributed by atoms with van der Waals surface area (Å²) in [5, 5.41) is 2.92. The smallest absolute Gasteiger partial charge is 0.221 e. The van der Waals surface area contributed by atoms with Gasteiger partial charge in [-0.2, -0.15) is 0 Å². The number of nitrogens with two attached hydrogens (primary N) is 1. The maximum absolute atomic E-state index is 11.7. The third-order valence-electron chi connectivity index (χ3n) is 3.24. The summed E-state index contributed by atoms with van der Waals surface area (Å²) < 4.78 is 0. The van der Waals surface area contributed by atoms with Gasteiger partial charge >= 0.3 is 0 Å². The van der Waals surface area contributed by atoms with Crippen molar-refractivity contribution in [3.05, 3.63) is 35.4 Å². The average molecular weight is 262 g/mol. The highest BCUT2D eigenvalue weighted by Crippen LogP contribution is 2.14. The molecule has 1 unspecified atom stereocenters. The molecule has 1 rings (SSSR count). The minimum absolute atomic E-state index is 0.0201. The van der Waals surface area contributed by atoms with Crippen LogP contribution in [0.2, 0.25) is 0 Å². The van der Waals surface area contributed by atoms with Crippen LogP contribution in [0.15, 0.2) is 24.3 Å². The lowest BCUT2D eigenvalue weighted by Gasteiger charge is -2.11. The lowest BCUT2D eigenvalue weighted by Crippen LogP contribution is -2.31. The molecule has 0 saturated carbocycles. The molecule has 106 valence electrons. The molecule has 19 heavy (non-hydrogen) atoms. The molecule has 1 aromatic carbocycles. The summed E-state index contributed by atoms with van der Waals surface area (Å²) in [5.74, 6) is 0.574. The van der Waals surface area contributed by atoms with Gasteiger partial charge in [-0.25, -0.2) is 0 Å². The van der Waals surface area contributed by atoms with Crippen molar-refractivity contribution in [3.8, 4) is 0 Å². The Labute approximate surface area is 116 Å². The van der Waals surface area contributed by atoms with E-state index >= 15 is 0 Å². The highest BCUT2D eigenvalue weighted by atomic mass is 16.1. The molecule has 1 atom stereocenters. The van der Waals surface area contributed by atoms with Crippen molar-refractivity contribution < 1.29 is 4.79 Å². The van der Waals surface area contributed by atoms with Gasteiger partial charge in [0, 0.05) is 19.0 Å². The van der Waals surface area contributed by atoms with Gasteiger partial charge < -0.3 is 11.1 Å². The van der Waals surface area contributed by atoms with Crippen LogP contribution in [0.25, 0.3) is 0 Å². The maximum atomic E-state index is 11.7. The van der Waals surface area contributed by atoms with E-state index < -0.39 is 0 Å². The molecule has 1 aromatic rings. The normalized spacial score (nSPS) is 12.5. The van der Waals surface area contributed by atoms with E-state index in [1.54, 1.807) is 0 Å². The Kier molecular flexibility index (Phi) is 6.57. The first-order valence-corrected chi connectivity index (χ1v) is 7.14. The monoisotopic (exact) mass is 262 g/mol. The molecule has 0 aliphatic carbocycles. The van der Waals surface area contributed by atoms with E-state index in [9.17, 15) is 4.79 Å². The van der Waals surface area contributed by atoms with Crippen molar-refractivity contribution in [2.75, 3.05) is 0 Å². The molecule has 0 bridgehead atoms. The fraction of sp³-hybridized carbons (Fsp3) is 0.562. The second kappa shape index (κ2) is 7.95. The summed E-state index contributed by atoms with van der Waals surface area (Å²) in [7, 11) is 0. The number of carbonyl (C=O) groups excluding carboxylic acids is 1. The van der Waals surface area contributed by atoms with Crippen molar-refractivity contribution in [1.29, 1.82) is 0 Å². The Morgan fingerprint density at radius 1 is 1.26 bits per heavy atom. The van der Waals surface area contributed by atoms with E-state index in [1.165, 1.54) is 5.56 Å². The number of amides is 1. The van der Waals surface area contributed by atoms with Crippen LogP contribution in [0.4, 0.5) is 0 Å². The average Bonchev–Trinajstić information content (AvgIpc) is 2.37. The van der Waals surface area contributed by atoms with Gasteiger partial charge in [0.25, 0.3) is 0 Å². The Balaban J connectivity index is 2.37. The van der Waals surface area contributed by atoms with Crippen molar-refractivity contribution >= 4 is 5.91 Å². The minimum atomic E-state index is -0.0201. The molecular formula is C16H26N2O. The topological polar surface area (TPSA) is 55.1 Å². The lowest BCUT2D eigenvalue weighted by atomic mass is 10.0. The van der Waals surface area contributed by atoms with E-state index in [0.717, 1.165) is 18.4 Å². The summed E-state index contributed by atoms with van der Waals surface area (Å²) in [5.41, 5.74) is 8.29. The SMILES string of the molecule is CCCC(N)CC(=O)NCc1ccc(C(C)C)cc1. The van der Waals surface area contributed by atoms with Crippen molar-refractivity contribution in [1.82, 2.24) is 5.32 Å². The molecule has 0 spiro atoms. The first-order chi connectivity index (χ1) is 9.02. The fourth-order valence-corrected chi connectivity index (χ4v) is 2.00. The Morgan fingerprint density at radius 3 is 2.42 bits per heavy atom. The Morgan fingerprint density at radius 2 is 1.89 bits per heavy atom. The highest BCUT2D eigenvalue weighted by Gasteiger charge is 2.08. The predicted molar refractivity (Wildman–Crippen MR) is 79.9 cm³/mol. The van der Waals surface area contributed by atoms with Crippen LogP contribution >= 0.6 is 0 Å². The van der Waals surface area contributed by atoms with Gasteiger partial charge in [-0.05, 0) is 23.5 Å². The molecule has 1 amide bonds. The van der Waals surface area contributed by atoms with E-state index in [0.29, 0.717) is 18.9 Å². The minimum Gasteiger partial charge on any atom is -0.352 e. The van der Waals surface area contributed by atoms with E-state index in [-0.39, 0.29) is 11.9 Å². The molecule has 0 fully saturated rings. The van der Waals surface area contributed by atoms with Gasteiger partial charge in [0.2, 0.25) is 5.91 Å². The molecule has 0 heterocycles. The zero-order valence-electron chi connectivity index (χ0n) is 12.3. The molecular weight excluding hydrogens is 236 g/mol. The number of hydrogen-bond acceptors (Lipinski definition) is 2. The molecule has 0 radical (unpaired) electrons. The second-order valence-corrected chi connectivity index (χ2v) is 5.43. The number of benzene rings is 1. The lowest BCUT2D eigenvalue weighted by molar-refractivity contribution is -0.121. The van der Waals surface area contributed by atoms with Gasteiger partial charge in [0.1, 0.15) is 0 Å². The van der Waals surface area contributed by atoms with E-state index in [1.807, 2.05) is 0 Å². The third kappa shape index (κ3) is 5.88. The van der Waals surface area contributed by atoms with Crippen LogP contribution in [0.3, 0.4) is 0 Å². The van der Waals surface area contributed by atoms with Gasteiger partial charge in [0.05, 0.1) is 0 Å². The predicted octanol–water partition coefficient (Wildman–Crippen LogP) is 2.94. The molecule has 0 aliphatic rings. The number of rotatable bonds is 7. The van der Waals surface area contributed by atoms with Crippen LogP contribution in [0, 0.1) is 0 Å². The van der Waals surface area contributed by atoms with E-state index in [4.69, 9.17) is 5.73 Å². The second-order valence-electron chi connectivity index (χ2n) is 5.43. The van der Waals surface area contributed by atoms with Crippen molar-refractivity contribution in [2.24, 2.45) is 5.73 Å². The summed E-state index contributed by atoms with van der Waals surface area (Å²) >= 11 is 0.